The lowest BCUT2D eigenvalue weighted by molar-refractivity contribution is -0.193. The van der Waals surface area contributed by atoms with Crippen LogP contribution in [0.1, 0.15) is 22.3 Å². The second kappa shape index (κ2) is 34.0. The number of piperazine rings is 1. The van der Waals surface area contributed by atoms with E-state index in [4.69, 9.17) is 31.3 Å². The third-order valence-corrected chi connectivity index (χ3v) is 14.9. The van der Waals surface area contributed by atoms with Crippen molar-refractivity contribution in [3.63, 3.8) is 0 Å². The number of hydrogen-bond donors (Lipinski definition) is 12. The predicted octanol–water partition coefficient (Wildman–Crippen LogP) is 0.805. The molecule has 8 amide bonds. The minimum Gasteiger partial charge on any atom is -0.508 e. The summed E-state index contributed by atoms with van der Waals surface area (Å²) in [5.74, 6) is -12.6. The number of phenolic OH excluding ortho intramolecular Hbond substituents is 2. The van der Waals surface area contributed by atoms with Crippen molar-refractivity contribution in [2.45, 2.75) is 74.3 Å². The molecule has 3 aliphatic heterocycles. The van der Waals surface area contributed by atoms with Crippen LogP contribution in [0.2, 0.25) is 0 Å². The average molecular weight is 1290 g/mol. The minimum absolute atomic E-state index is 0.00200. The fourth-order valence-electron chi connectivity index (χ4n) is 7.89. The maximum Gasteiger partial charge on any atom is 0.490 e. The number of carbonyl (C=O) groups excluding carboxylic acids is 8. The molecule has 0 saturated carbocycles. The average Bonchev–Trinajstić information content (AvgIpc) is 3.58. The van der Waals surface area contributed by atoms with Crippen molar-refractivity contribution < 1.29 is 103 Å². The van der Waals surface area contributed by atoms with Gasteiger partial charge in [0.1, 0.15) is 47.3 Å². The molecular formula is C54H60F8N10O14S2. The van der Waals surface area contributed by atoms with Crippen molar-refractivity contribution in [3.05, 3.63) is 131 Å². The summed E-state index contributed by atoms with van der Waals surface area (Å²) in [4.78, 5) is 131. The first kappa shape index (κ1) is 71.7. The van der Waals surface area contributed by atoms with Crippen LogP contribution in [0.15, 0.2) is 97.1 Å². The Balaban J connectivity index is 0.00000105. The van der Waals surface area contributed by atoms with E-state index in [0.29, 0.717) is 22.3 Å². The number of carboxylic acids is 2. The molecule has 3 heterocycles. The fraction of sp³-hybridized carbons (Fsp3) is 0.370. The molecule has 6 atom stereocenters. The number of carbonyl (C=O) groups is 10. The van der Waals surface area contributed by atoms with Gasteiger partial charge in [0.15, 0.2) is 0 Å². The largest absolute Gasteiger partial charge is 0.508 e. The zero-order valence-corrected chi connectivity index (χ0v) is 47.6. The molecular weight excluding hydrogens is 1230 g/mol. The zero-order valence-electron chi connectivity index (χ0n) is 45.9. The number of nitrogens with two attached hydrogens (primary N) is 2. The molecule has 4 aromatic rings. The number of halogens is 8. The van der Waals surface area contributed by atoms with E-state index in [-0.39, 0.29) is 74.9 Å². The van der Waals surface area contributed by atoms with E-state index in [0.717, 1.165) is 21.6 Å². The molecule has 34 heteroatoms. The number of benzene rings is 4. The van der Waals surface area contributed by atoms with Crippen LogP contribution in [0.25, 0.3) is 0 Å². The number of aliphatic carboxylic acids is 2. The van der Waals surface area contributed by atoms with E-state index in [1.807, 2.05) is 0 Å². The Hall–Kier alpha value is -8.76. The molecule has 14 N–H and O–H groups in total. The van der Waals surface area contributed by atoms with Crippen molar-refractivity contribution in [1.82, 2.24) is 41.7 Å². The monoisotopic (exact) mass is 1290 g/mol. The lowest BCUT2D eigenvalue weighted by Gasteiger charge is -2.38. The Labute approximate surface area is 503 Å². The Kier molecular flexibility index (Phi) is 27.7. The lowest BCUT2D eigenvalue weighted by Crippen LogP contribution is -2.60. The smallest absolute Gasteiger partial charge is 0.490 e. The van der Waals surface area contributed by atoms with E-state index in [9.17, 15) is 83.7 Å². The van der Waals surface area contributed by atoms with Crippen LogP contribution < -0.4 is 43.4 Å². The number of amides is 8. The van der Waals surface area contributed by atoms with Gasteiger partial charge >= 0.3 is 24.3 Å². The van der Waals surface area contributed by atoms with Crippen LogP contribution in [0.4, 0.5) is 35.1 Å². The molecule has 3 saturated heterocycles. The van der Waals surface area contributed by atoms with Crippen LogP contribution in [-0.4, -0.2) is 189 Å². The highest BCUT2D eigenvalue weighted by Gasteiger charge is 2.39. The number of fused-ring (bicyclic) bond motifs is 21. The number of rotatable bonds is 12. The Morgan fingerprint density at radius 1 is 0.523 bits per heavy atom. The Morgan fingerprint density at radius 2 is 0.807 bits per heavy atom. The van der Waals surface area contributed by atoms with Gasteiger partial charge < -0.3 is 73.6 Å². The Bertz CT molecular complexity index is 2850. The van der Waals surface area contributed by atoms with Crippen LogP contribution in [0, 0.1) is 11.6 Å². The van der Waals surface area contributed by atoms with Gasteiger partial charge in [0.25, 0.3) is 0 Å². The highest BCUT2D eigenvalue weighted by atomic mass is 33.1. The van der Waals surface area contributed by atoms with Gasteiger partial charge in [0, 0.05) is 50.5 Å². The van der Waals surface area contributed by atoms with Gasteiger partial charge in [0.05, 0.1) is 25.2 Å². The van der Waals surface area contributed by atoms with Gasteiger partial charge in [-0.25, -0.2) is 18.4 Å². The number of aromatic hydroxyl groups is 2. The molecule has 0 aliphatic carbocycles. The van der Waals surface area contributed by atoms with Crippen LogP contribution in [0.3, 0.4) is 0 Å². The number of nitrogens with one attached hydrogen (secondary N) is 6. The van der Waals surface area contributed by atoms with E-state index in [1.54, 1.807) is 24.3 Å². The van der Waals surface area contributed by atoms with Gasteiger partial charge in [-0.1, -0.05) is 70.1 Å². The van der Waals surface area contributed by atoms with E-state index < -0.39 is 133 Å². The summed E-state index contributed by atoms with van der Waals surface area (Å²) >= 11 is 0. The summed E-state index contributed by atoms with van der Waals surface area (Å²) in [6.45, 7) is -1.30. The molecule has 0 aromatic heterocycles. The third-order valence-electron chi connectivity index (χ3n) is 12.5. The van der Waals surface area contributed by atoms with Crippen molar-refractivity contribution in [2.24, 2.45) is 11.5 Å². The first-order valence-corrected chi connectivity index (χ1v) is 28.5. The van der Waals surface area contributed by atoms with E-state index >= 15 is 0 Å². The maximum atomic E-state index is 14.2. The SMILES string of the molecule is N[C@@H](Cc1ccc(O)cc1)C(=O)N[C@@H]1CSSC[C@@H](NC(=O)[C@@H](N)Cc2ccc(O)cc2)C(=O)NCC(=O)N[C@@H](Cc2ccc(F)cc2)C(=O)N2CCN(CC2)C(=O)[C@H](Cc2ccc(F)cc2)NC(=O)CNC1=O.O=C(O)C(F)(F)F.O=C(O)C(F)(F)F. The molecule has 0 spiro atoms. The predicted molar refractivity (Wildman–Crippen MR) is 299 cm³/mol. The normalized spacial score (nSPS) is 19.2. The van der Waals surface area contributed by atoms with Crippen molar-refractivity contribution in [1.29, 1.82) is 0 Å². The quantitative estimate of drug-likeness (QED) is 0.0689. The van der Waals surface area contributed by atoms with Gasteiger partial charge in [-0.2, -0.15) is 26.3 Å². The highest BCUT2D eigenvalue weighted by Crippen LogP contribution is 2.24. The van der Waals surface area contributed by atoms with Crippen molar-refractivity contribution in [3.8, 4) is 11.5 Å². The minimum atomic E-state index is -5.08. The lowest BCUT2D eigenvalue weighted by atomic mass is 10.0. The summed E-state index contributed by atoms with van der Waals surface area (Å²) in [5.41, 5.74) is 14.7. The van der Waals surface area contributed by atoms with Gasteiger partial charge in [-0.05, 0) is 83.6 Å². The second-order valence-corrected chi connectivity index (χ2v) is 21.8. The molecule has 88 heavy (non-hydrogen) atoms. The number of carboxylic acid groups (broad SMARTS) is 2. The van der Waals surface area contributed by atoms with E-state index in [1.165, 1.54) is 82.6 Å². The summed E-state index contributed by atoms with van der Waals surface area (Å²) in [7, 11) is 2.01. The Morgan fingerprint density at radius 3 is 1.09 bits per heavy atom. The number of phenols is 2. The number of alkyl halides is 6. The van der Waals surface area contributed by atoms with Gasteiger partial charge in [0.2, 0.25) is 47.3 Å². The zero-order chi connectivity index (χ0) is 65.5. The maximum absolute atomic E-state index is 14.2. The summed E-state index contributed by atoms with van der Waals surface area (Å²) in [6, 6.07) is 15.2. The molecule has 4 aromatic carbocycles. The summed E-state index contributed by atoms with van der Waals surface area (Å²) in [6.07, 6.45) is -10.3. The molecule has 2 bridgehead atoms. The van der Waals surface area contributed by atoms with Crippen LogP contribution >= 0.6 is 21.6 Å². The van der Waals surface area contributed by atoms with E-state index in [2.05, 4.69) is 31.9 Å². The first-order chi connectivity index (χ1) is 41.3. The summed E-state index contributed by atoms with van der Waals surface area (Å²) < 4.78 is 91.3. The van der Waals surface area contributed by atoms with Crippen molar-refractivity contribution >= 4 is 80.8 Å². The fourth-order valence-corrected chi connectivity index (χ4v) is 10.2. The standard InChI is InChI=1S/C50H58F2N10O10S2.2C2HF3O2/c51-33-9-1-31(2-10-33)23-39-49(71)61-17-19-62(20-18-61)50(72)40(24-32-3-11-34(52)12-4-32)58-44(66)26-56-48(70)42(60-46(68)38(54)22-30-7-15-36(64)16-8-30)28-74-73-27-41(47(69)55-25-43(65)57-39)59-45(67)37(53)21-29-5-13-35(63)14-6-29;2*3-2(4,5)1(6)7/h1-16,37-42,63-64H,17-28,53-54H2,(H,55,69)(H,56,70)(H,57,65)(H,58,66)(H,59,67)(H,60,68);2*(H,6,7)/t37-,38-,39-,40-,41+,42+;;/m0../s1. The molecule has 0 radical (unpaired) electrons. The molecule has 478 valence electrons. The van der Waals surface area contributed by atoms with Crippen LogP contribution in [0.5, 0.6) is 11.5 Å². The van der Waals surface area contributed by atoms with Gasteiger partial charge in [-0.3, -0.25) is 38.4 Å². The van der Waals surface area contributed by atoms with Crippen LogP contribution in [-0.2, 0) is 73.6 Å². The molecule has 7 rings (SSSR count). The highest BCUT2D eigenvalue weighted by molar-refractivity contribution is 8.76. The molecule has 24 nitrogen and oxygen atoms in total. The van der Waals surface area contributed by atoms with Gasteiger partial charge in [-0.15, -0.1) is 0 Å². The number of nitrogens with zero attached hydrogens (tertiary/aromatic N) is 2. The van der Waals surface area contributed by atoms with Crippen molar-refractivity contribution in [2.75, 3.05) is 50.8 Å². The third kappa shape index (κ3) is 24.9. The topological polar surface area (TPSA) is 382 Å². The molecule has 0 unspecified atom stereocenters. The first-order valence-electron chi connectivity index (χ1n) is 26.0. The second-order valence-electron chi connectivity index (χ2n) is 19.2. The molecule has 3 fully saturated rings. The molecule has 3 aliphatic rings. The number of hydrogen-bond acceptors (Lipinski definition) is 16. The summed E-state index contributed by atoms with van der Waals surface area (Å²) in [5, 5.41) is 49.2.